The van der Waals surface area contributed by atoms with Gasteiger partial charge in [-0.1, -0.05) is 23.2 Å². The van der Waals surface area contributed by atoms with Crippen molar-refractivity contribution in [2.45, 2.75) is 0 Å². The van der Waals surface area contributed by atoms with E-state index in [4.69, 9.17) is 46.9 Å². The molecule has 1 heterocycles. The Hall–Kier alpha value is -1.50. The maximum atomic E-state index is 11.4. The molecule has 0 aliphatic rings. The summed E-state index contributed by atoms with van der Waals surface area (Å²) in [5, 5.41) is 0.840. The van der Waals surface area contributed by atoms with Crippen molar-refractivity contribution in [2.75, 3.05) is 11.5 Å². The van der Waals surface area contributed by atoms with Gasteiger partial charge >= 0.3 is 0 Å². The summed E-state index contributed by atoms with van der Waals surface area (Å²) in [6.07, 6.45) is 0. The summed E-state index contributed by atoms with van der Waals surface area (Å²) in [6.45, 7) is 0. The number of nitrogens with one attached hydrogen (secondary N) is 1. The van der Waals surface area contributed by atoms with Crippen molar-refractivity contribution < 1.29 is 0 Å². The zero-order valence-corrected chi connectivity index (χ0v) is 11.2. The van der Waals surface area contributed by atoms with Crippen molar-refractivity contribution in [3.63, 3.8) is 0 Å². The van der Waals surface area contributed by atoms with Crippen LogP contribution >= 0.6 is 35.4 Å². The third kappa shape index (κ3) is 2.22. The molecule has 5 nitrogen and oxygen atoms in total. The summed E-state index contributed by atoms with van der Waals surface area (Å²) in [6, 6.07) is 4.79. The average Bonchev–Trinajstić information content (AvgIpc) is 2.24. The molecular formula is C10H8Cl2N4OS. The van der Waals surface area contributed by atoms with Gasteiger partial charge in [0.1, 0.15) is 11.5 Å². The largest absolute Gasteiger partial charge is 0.391 e. The molecule has 0 fully saturated rings. The first-order valence-electron chi connectivity index (χ1n) is 4.77. The van der Waals surface area contributed by atoms with E-state index in [2.05, 4.69) is 4.98 Å². The van der Waals surface area contributed by atoms with Gasteiger partial charge < -0.3 is 11.5 Å². The zero-order chi connectivity index (χ0) is 13.4. The van der Waals surface area contributed by atoms with Crippen molar-refractivity contribution in [2.24, 2.45) is 0 Å². The van der Waals surface area contributed by atoms with Gasteiger partial charge in [-0.15, -0.1) is 0 Å². The Morgan fingerprint density at radius 1 is 1.17 bits per heavy atom. The molecule has 8 heteroatoms. The number of H-pyrrole nitrogens is 1. The summed E-state index contributed by atoms with van der Waals surface area (Å²) in [7, 11) is 0. The molecule has 2 aromatic rings. The molecule has 0 aliphatic carbocycles. The van der Waals surface area contributed by atoms with Crippen LogP contribution in [0.4, 0.5) is 11.5 Å². The molecule has 0 amide bonds. The van der Waals surface area contributed by atoms with Gasteiger partial charge in [0, 0.05) is 10.0 Å². The summed E-state index contributed by atoms with van der Waals surface area (Å²) < 4.78 is 1.51. The third-order valence-electron chi connectivity index (χ3n) is 2.29. The van der Waals surface area contributed by atoms with E-state index in [0.29, 0.717) is 15.7 Å². The third-order valence-corrected chi connectivity index (χ3v) is 3.01. The van der Waals surface area contributed by atoms with Crippen LogP contribution in [-0.4, -0.2) is 9.55 Å². The van der Waals surface area contributed by atoms with E-state index in [9.17, 15) is 4.79 Å². The minimum Gasteiger partial charge on any atom is -0.391 e. The Bertz CT molecular complexity index is 717. The molecule has 18 heavy (non-hydrogen) atoms. The first kappa shape index (κ1) is 12.9. The maximum absolute atomic E-state index is 11.4. The standard InChI is InChI=1S/C10H8Cl2N4OS/c11-4-1-5(12)3-6(2-4)16-8(14)7(13)9(17)15-10(16)18/h1-3H,13-14H2,(H,15,17,18). The SMILES string of the molecule is Nc1c(N)n(-c2cc(Cl)cc(Cl)c2)c(=S)[nH]c1=O. The van der Waals surface area contributed by atoms with Crippen LogP contribution in [0.5, 0.6) is 0 Å². The molecule has 0 saturated carbocycles. The molecule has 0 atom stereocenters. The fraction of sp³-hybridized carbons (Fsp3) is 0. The lowest BCUT2D eigenvalue weighted by Gasteiger charge is -2.12. The van der Waals surface area contributed by atoms with Crippen LogP contribution in [0.2, 0.25) is 10.0 Å². The number of hydrogen-bond donors (Lipinski definition) is 3. The summed E-state index contributed by atoms with van der Waals surface area (Å²) >= 11 is 16.8. The Labute approximate surface area is 117 Å². The highest BCUT2D eigenvalue weighted by atomic mass is 35.5. The highest BCUT2D eigenvalue weighted by Crippen LogP contribution is 2.24. The van der Waals surface area contributed by atoms with Crippen LogP contribution in [0.3, 0.4) is 0 Å². The zero-order valence-electron chi connectivity index (χ0n) is 8.91. The predicted molar refractivity (Wildman–Crippen MR) is 76.1 cm³/mol. The molecule has 0 bridgehead atoms. The van der Waals surface area contributed by atoms with Crippen molar-refractivity contribution in [3.05, 3.63) is 43.4 Å². The van der Waals surface area contributed by atoms with Crippen LogP contribution in [0.15, 0.2) is 23.0 Å². The molecular weight excluding hydrogens is 295 g/mol. The van der Waals surface area contributed by atoms with Crippen molar-refractivity contribution in [1.29, 1.82) is 0 Å². The van der Waals surface area contributed by atoms with E-state index in [1.165, 1.54) is 4.57 Å². The van der Waals surface area contributed by atoms with Gasteiger partial charge in [0.2, 0.25) is 0 Å². The lowest BCUT2D eigenvalue weighted by molar-refractivity contribution is 0.955. The lowest BCUT2D eigenvalue weighted by Crippen LogP contribution is -2.20. The molecule has 1 aromatic heterocycles. The van der Waals surface area contributed by atoms with Crippen molar-refractivity contribution >= 4 is 46.9 Å². The number of aromatic amines is 1. The average molecular weight is 303 g/mol. The normalized spacial score (nSPS) is 10.6. The van der Waals surface area contributed by atoms with E-state index >= 15 is 0 Å². The van der Waals surface area contributed by atoms with Crippen LogP contribution in [0.1, 0.15) is 0 Å². The van der Waals surface area contributed by atoms with Gasteiger partial charge in [0.25, 0.3) is 5.56 Å². The van der Waals surface area contributed by atoms with E-state index in [-0.39, 0.29) is 16.3 Å². The number of nitrogen functional groups attached to an aromatic ring is 2. The fourth-order valence-corrected chi connectivity index (χ4v) is 2.30. The van der Waals surface area contributed by atoms with Gasteiger partial charge in [-0.3, -0.25) is 14.3 Å². The first-order valence-corrected chi connectivity index (χ1v) is 5.93. The van der Waals surface area contributed by atoms with Gasteiger partial charge in [0.15, 0.2) is 4.77 Å². The van der Waals surface area contributed by atoms with E-state index in [0.717, 1.165) is 0 Å². The van der Waals surface area contributed by atoms with Gasteiger partial charge in [-0.05, 0) is 30.4 Å². The van der Waals surface area contributed by atoms with Crippen molar-refractivity contribution in [1.82, 2.24) is 9.55 Å². The highest BCUT2D eigenvalue weighted by molar-refractivity contribution is 7.71. The number of rotatable bonds is 1. The molecule has 0 unspecified atom stereocenters. The Balaban J connectivity index is 2.83. The predicted octanol–water partition coefficient (Wildman–Crippen LogP) is 2.37. The van der Waals surface area contributed by atoms with Crippen LogP contribution in [0, 0.1) is 4.77 Å². The summed E-state index contributed by atoms with van der Waals surface area (Å²) in [5.41, 5.74) is 11.2. The second kappa shape index (κ2) is 4.64. The van der Waals surface area contributed by atoms with Crippen molar-refractivity contribution in [3.8, 4) is 5.69 Å². The first-order chi connectivity index (χ1) is 8.40. The number of anilines is 2. The van der Waals surface area contributed by atoms with Gasteiger partial charge in [0.05, 0.1) is 5.69 Å². The minimum atomic E-state index is -0.526. The quantitative estimate of drug-likeness (QED) is 0.705. The van der Waals surface area contributed by atoms with Crippen LogP contribution in [-0.2, 0) is 0 Å². The highest BCUT2D eigenvalue weighted by Gasteiger charge is 2.10. The molecule has 0 saturated heterocycles. The smallest absolute Gasteiger partial charge is 0.277 e. The molecule has 94 valence electrons. The van der Waals surface area contributed by atoms with Crippen LogP contribution < -0.4 is 17.0 Å². The van der Waals surface area contributed by atoms with Crippen LogP contribution in [0.25, 0.3) is 5.69 Å². The number of benzene rings is 1. The maximum Gasteiger partial charge on any atom is 0.277 e. The lowest BCUT2D eigenvalue weighted by atomic mass is 10.3. The minimum absolute atomic E-state index is 0.0436. The van der Waals surface area contributed by atoms with E-state index in [1.807, 2.05) is 0 Å². The molecule has 1 aromatic carbocycles. The van der Waals surface area contributed by atoms with E-state index < -0.39 is 5.56 Å². The summed E-state index contributed by atoms with van der Waals surface area (Å²) in [5.74, 6) is 0.0436. The summed E-state index contributed by atoms with van der Waals surface area (Å²) in [4.78, 5) is 13.8. The van der Waals surface area contributed by atoms with Gasteiger partial charge in [-0.2, -0.15) is 0 Å². The number of hydrogen-bond acceptors (Lipinski definition) is 4. The fourth-order valence-electron chi connectivity index (χ4n) is 1.49. The molecule has 0 spiro atoms. The molecule has 5 N–H and O–H groups in total. The van der Waals surface area contributed by atoms with E-state index in [1.54, 1.807) is 18.2 Å². The number of halogens is 2. The number of nitrogens with zero attached hydrogens (tertiary/aromatic N) is 1. The topological polar surface area (TPSA) is 89.8 Å². The second-order valence-electron chi connectivity index (χ2n) is 3.52. The number of nitrogens with two attached hydrogens (primary N) is 2. The molecule has 2 rings (SSSR count). The number of aromatic nitrogens is 2. The Morgan fingerprint density at radius 2 is 1.72 bits per heavy atom. The molecule has 0 aliphatic heterocycles. The Morgan fingerprint density at radius 3 is 2.28 bits per heavy atom. The Kier molecular flexibility index (Phi) is 3.34. The monoisotopic (exact) mass is 302 g/mol. The second-order valence-corrected chi connectivity index (χ2v) is 4.78. The van der Waals surface area contributed by atoms with Gasteiger partial charge in [-0.25, -0.2) is 0 Å². The molecule has 0 radical (unpaired) electrons.